The average molecular weight is 192 g/mol. The van der Waals surface area contributed by atoms with Crippen LogP contribution in [0.4, 0.5) is 4.79 Å². The number of carbonyl (C=O) groups excluding carboxylic acids is 1. The van der Waals surface area contributed by atoms with E-state index >= 15 is 0 Å². The summed E-state index contributed by atoms with van der Waals surface area (Å²) in [4.78, 5) is 16.1. The molecule has 0 saturated carbocycles. The lowest BCUT2D eigenvalue weighted by Gasteiger charge is -2.16. The second kappa shape index (κ2) is 3.67. The topological polar surface area (TPSA) is 55.6 Å². The minimum Gasteiger partial charge on any atom is -0.350 e. The van der Waals surface area contributed by atoms with Crippen molar-refractivity contribution in [3.63, 3.8) is 0 Å². The first-order valence-corrected chi connectivity index (χ1v) is 4.54. The Kier molecular flexibility index (Phi) is 2.37. The normalized spacial score (nSPS) is 15.9. The molecule has 14 heavy (non-hydrogen) atoms. The van der Waals surface area contributed by atoms with Crippen LogP contribution in [-0.4, -0.2) is 17.7 Å². The fourth-order valence-corrected chi connectivity index (χ4v) is 1.56. The van der Waals surface area contributed by atoms with Gasteiger partial charge in [-0.15, -0.1) is 0 Å². The monoisotopic (exact) mass is 192 g/mol. The Labute approximate surface area is 82.2 Å². The summed E-state index contributed by atoms with van der Waals surface area (Å²) >= 11 is 0. The van der Waals surface area contributed by atoms with Gasteiger partial charge in [0.2, 0.25) is 0 Å². The largest absolute Gasteiger partial charge is 0.350 e. The van der Waals surface area contributed by atoms with Gasteiger partial charge in [0.15, 0.2) is 0 Å². The summed E-state index contributed by atoms with van der Waals surface area (Å²) in [6, 6.07) is 7.42. The van der Waals surface area contributed by atoms with Gasteiger partial charge >= 0.3 is 6.03 Å². The van der Waals surface area contributed by atoms with Gasteiger partial charge in [0.05, 0.1) is 13.2 Å². The molecule has 2 N–H and O–H groups in total. The van der Waals surface area contributed by atoms with Crippen LogP contribution in [0.5, 0.6) is 0 Å². The highest BCUT2D eigenvalue weighted by Crippen LogP contribution is 2.16. The van der Waals surface area contributed by atoms with E-state index in [2.05, 4.69) is 0 Å². The van der Waals surface area contributed by atoms with E-state index in [9.17, 15) is 4.79 Å². The molecule has 0 aliphatic carbocycles. The minimum absolute atomic E-state index is 0.436. The molecule has 4 heteroatoms. The summed E-state index contributed by atoms with van der Waals surface area (Å²) in [5.41, 5.74) is 7.48. The van der Waals surface area contributed by atoms with Crippen molar-refractivity contribution >= 4 is 6.03 Å². The fourth-order valence-electron chi connectivity index (χ4n) is 1.56. The van der Waals surface area contributed by atoms with Gasteiger partial charge in [0.1, 0.15) is 0 Å². The van der Waals surface area contributed by atoms with Crippen LogP contribution in [0.1, 0.15) is 11.1 Å². The minimum atomic E-state index is -0.540. The van der Waals surface area contributed by atoms with Gasteiger partial charge < -0.3 is 5.73 Å². The number of hydrogen-bond acceptors (Lipinski definition) is 2. The van der Waals surface area contributed by atoms with Gasteiger partial charge in [-0.05, 0) is 17.5 Å². The first-order valence-electron chi connectivity index (χ1n) is 4.54. The molecule has 1 heterocycles. The van der Waals surface area contributed by atoms with Crippen molar-refractivity contribution in [3.8, 4) is 0 Å². The lowest BCUT2D eigenvalue weighted by molar-refractivity contribution is -0.116. The number of primary amides is 1. The van der Waals surface area contributed by atoms with Gasteiger partial charge in [-0.2, -0.15) is 5.06 Å². The number of rotatable bonds is 0. The molecular weight excluding hydrogens is 180 g/mol. The number of benzene rings is 1. The number of amides is 2. The Bertz CT molecular complexity index is 352. The lowest BCUT2D eigenvalue weighted by atomic mass is 10.1. The van der Waals surface area contributed by atoms with Crippen molar-refractivity contribution in [2.75, 3.05) is 6.61 Å². The smallest absolute Gasteiger partial charge is 0.339 e. The molecule has 0 spiro atoms. The SMILES string of the molecule is NC(=O)N1Cc2ccccc2CCO1. The summed E-state index contributed by atoms with van der Waals surface area (Å²) in [6.45, 7) is 0.936. The highest BCUT2D eigenvalue weighted by atomic mass is 16.7. The molecule has 1 aliphatic rings. The van der Waals surface area contributed by atoms with Crippen LogP contribution in [-0.2, 0) is 17.8 Å². The van der Waals surface area contributed by atoms with Crippen LogP contribution in [0.15, 0.2) is 24.3 Å². The molecule has 4 nitrogen and oxygen atoms in total. The standard InChI is InChI=1S/C10H12N2O2/c11-10(13)12-7-9-4-2-1-3-8(9)5-6-14-12/h1-4H,5-7H2,(H2,11,13). The number of hydroxylamine groups is 2. The van der Waals surface area contributed by atoms with Crippen LogP contribution in [0.25, 0.3) is 0 Å². The first kappa shape index (κ1) is 9.02. The van der Waals surface area contributed by atoms with E-state index < -0.39 is 6.03 Å². The summed E-state index contributed by atoms with van der Waals surface area (Å²) in [5, 5.41) is 1.20. The van der Waals surface area contributed by atoms with Crippen LogP contribution in [0.3, 0.4) is 0 Å². The van der Waals surface area contributed by atoms with Gasteiger partial charge in [0, 0.05) is 0 Å². The molecule has 0 unspecified atom stereocenters. The molecule has 0 saturated heterocycles. The van der Waals surface area contributed by atoms with Crippen LogP contribution < -0.4 is 5.73 Å². The maximum Gasteiger partial charge on any atom is 0.339 e. The number of nitrogens with zero attached hydrogens (tertiary/aromatic N) is 1. The highest BCUT2D eigenvalue weighted by molar-refractivity contribution is 5.70. The number of urea groups is 1. The van der Waals surface area contributed by atoms with E-state index in [1.54, 1.807) is 0 Å². The van der Waals surface area contributed by atoms with Crippen molar-refractivity contribution in [1.29, 1.82) is 0 Å². The molecule has 0 bridgehead atoms. The van der Waals surface area contributed by atoms with Gasteiger partial charge in [-0.3, -0.25) is 4.84 Å². The number of hydrogen-bond donors (Lipinski definition) is 1. The van der Waals surface area contributed by atoms with Gasteiger partial charge in [0.25, 0.3) is 0 Å². The predicted molar refractivity (Wildman–Crippen MR) is 51.2 cm³/mol. The Morgan fingerprint density at radius 3 is 2.79 bits per heavy atom. The molecule has 0 fully saturated rings. The van der Waals surface area contributed by atoms with Crippen LogP contribution in [0.2, 0.25) is 0 Å². The Morgan fingerprint density at radius 2 is 2.07 bits per heavy atom. The van der Waals surface area contributed by atoms with Gasteiger partial charge in [-0.1, -0.05) is 24.3 Å². The Hall–Kier alpha value is -1.55. The Balaban J connectivity index is 2.26. The molecular formula is C10H12N2O2. The molecule has 0 radical (unpaired) electrons. The van der Waals surface area contributed by atoms with Crippen molar-refractivity contribution in [2.45, 2.75) is 13.0 Å². The molecule has 1 aromatic carbocycles. The summed E-state index contributed by atoms with van der Waals surface area (Å²) in [5.74, 6) is 0. The lowest BCUT2D eigenvalue weighted by Crippen LogP contribution is -2.34. The quantitative estimate of drug-likeness (QED) is 0.668. The molecule has 2 amide bonds. The maximum atomic E-state index is 10.9. The van der Waals surface area contributed by atoms with E-state index in [0.717, 1.165) is 12.0 Å². The third-order valence-corrected chi connectivity index (χ3v) is 2.30. The molecule has 0 aromatic heterocycles. The summed E-state index contributed by atoms with van der Waals surface area (Å²) in [7, 11) is 0. The summed E-state index contributed by atoms with van der Waals surface area (Å²) in [6.07, 6.45) is 0.819. The predicted octanol–water partition coefficient (Wildman–Crippen LogP) is 1.06. The van der Waals surface area contributed by atoms with Crippen molar-refractivity contribution < 1.29 is 9.63 Å². The molecule has 2 rings (SSSR count). The number of carbonyl (C=O) groups is 1. The molecule has 0 atom stereocenters. The third-order valence-electron chi connectivity index (χ3n) is 2.30. The van der Waals surface area contributed by atoms with Crippen molar-refractivity contribution in [1.82, 2.24) is 5.06 Å². The van der Waals surface area contributed by atoms with Crippen LogP contribution in [0, 0.1) is 0 Å². The average Bonchev–Trinajstić information content (AvgIpc) is 2.39. The zero-order valence-electron chi connectivity index (χ0n) is 7.77. The maximum absolute atomic E-state index is 10.9. The second-order valence-corrected chi connectivity index (χ2v) is 3.23. The van der Waals surface area contributed by atoms with Gasteiger partial charge in [-0.25, -0.2) is 4.79 Å². The zero-order valence-corrected chi connectivity index (χ0v) is 7.77. The third kappa shape index (κ3) is 1.70. The molecule has 1 aliphatic heterocycles. The van der Waals surface area contributed by atoms with E-state index in [-0.39, 0.29) is 0 Å². The zero-order chi connectivity index (χ0) is 9.97. The number of nitrogens with two attached hydrogens (primary N) is 1. The fraction of sp³-hybridized carbons (Fsp3) is 0.300. The van der Waals surface area contributed by atoms with E-state index in [0.29, 0.717) is 13.2 Å². The highest BCUT2D eigenvalue weighted by Gasteiger charge is 2.16. The van der Waals surface area contributed by atoms with Crippen molar-refractivity contribution in [2.24, 2.45) is 5.73 Å². The first-order chi connectivity index (χ1) is 6.77. The van der Waals surface area contributed by atoms with Crippen molar-refractivity contribution in [3.05, 3.63) is 35.4 Å². The van der Waals surface area contributed by atoms with Crippen LogP contribution >= 0.6 is 0 Å². The van der Waals surface area contributed by atoms with E-state index in [1.165, 1.54) is 10.6 Å². The van der Waals surface area contributed by atoms with E-state index in [1.807, 2.05) is 24.3 Å². The van der Waals surface area contributed by atoms with E-state index in [4.69, 9.17) is 10.6 Å². The summed E-state index contributed by atoms with van der Waals surface area (Å²) < 4.78 is 0. The molecule has 1 aromatic rings. The Morgan fingerprint density at radius 1 is 1.36 bits per heavy atom. The molecule has 74 valence electrons. The number of fused-ring (bicyclic) bond motifs is 1. The second-order valence-electron chi connectivity index (χ2n) is 3.23.